The summed E-state index contributed by atoms with van der Waals surface area (Å²) in [6, 6.07) is 2.76. The van der Waals surface area contributed by atoms with E-state index in [1.54, 1.807) is 4.88 Å². The Labute approximate surface area is 155 Å². The van der Waals surface area contributed by atoms with Gasteiger partial charge in [0.1, 0.15) is 0 Å². The van der Waals surface area contributed by atoms with Crippen LogP contribution in [0.5, 0.6) is 0 Å². The van der Waals surface area contributed by atoms with Crippen molar-refractivity contribution in [1.82, 2.24) is 15.5 Å². The number of fused-ring (bicyclic) bond motifs is 1. The predicted molar refractivity (Wildman–Crippen MR) is 109 cm³/mol. The van der Waals surface area contributed by atoms with Crippen molar-refractivity contribution in [2.45, 2.75) is 45.7 Å². The van der Waals surface area contributed by atoms with E-state index in [9.17, 15) is 0 Å². The lowest BCUT2D eigenvalue weighted by molar-refractivity contribution is 0.197. The van der Waals surface area contributed by atoms with Crippen molar-refractivity contribution < 1.29 is 0 Å². The summed E-state index contributed by atoms with van der Waals surface area (Å²) in [5, 5.41) is 9.05. The van der Waals surface area contributed by atoms with Crippen molar-refractivity contribution in [1.29, 1.82) is 0 Å². The van der Waals surface area contributed by atoms with E-state index in [4.69, 9.17) is 4.99 Å². The van der Waals surface area contributed by atoms with E-state index in [1.165, 1.54) is 30.6 Å². The maximum Gasteiger partial charge on any atom is 0.191 e. The monoisotopic (exact) mass is 368 g/mol. The number of hydrogen-bond acceptors (Lipinski definition) is 4. The SMILES string of the molecule is CCNC(=NCC(C)N1CCc2sccc2C1)NCCCCSC. The van der Waals surface area contributed by atoms with Gasteiger partial charge in [0.15, 0.2) is 5.96 Å². The highest BCUT2D eigenvalue weighted by Crippen LogP contribution is 2.25. The molecule has 0 saturated carbocycles. The Kier molecular flexibility index (Phi) is 8.99. The zero-order valence-corrected chi connectivity index (χ0v) is 16.9. The summed E-state index contributed by atoms with van der Waals surface area (Å²) < 4.78 is 0. The zero-order valence-electron chi connectivity index (χ0n) is 15.3. The molecule has 0 amide bonds. The molecule has 2 rings (SSSR count). The smallest absolute Gasteiger partial charge is 0.191 e. The fourth-order valence-corrected chi connectivity index (χ4v) is 4.29. The van der Waals surface area contributed by atoms with Crippen LogP contribution < -0.4 is 10.6 Å². The first kappa shape index (κ1) is 19.6. The average Bonchev–Trinajstić information content (AvgIpc) is 3.06. The minimum Gasteiger partial charge on any atom is -0.357 e. The molecule has 0 saturated heterocycles. The predicted octanol–water partition coefficient (Wildman–Crippen LogP) is 3.19. The van der Waals surface area contributed by atoms with Gasteiger partial charge >= 0.3 is 0 Å². The standard InChI is InChI=1S/C18H32N4S2/c1-4-19-18(20-9-5-6-11-23-3)21-13-15(2)22-10-7-17-16(14-22)8-12-24-17/h8,12,15H,4-7,9-11,13-14H2,1-3H3,(H2,19,20,21). The van der Waals surface area contributed by atoms with Gasteiger partial charge in [0.05, 0.1) is 6.54 Å². The fourth-order valence-electron chi connectivity index (χ4n) is 2.91. The van der Waals surface area contributed by atoms with Crippen LogP contribution in [-0.2, 0) is 13.0 Å². The van der Waals surface area contributed by atoms with Gasteiger partial charge in [0.2, 0.25) is 0 Å². The van der Waals surface area contributed by atoms with Crippen molar-refractivity contribution >= 4 is 29.1 Å². The molecule has 0 bridgehead atoms. The molecule has 1 aliphatic rings. The number of thiophene rings is 1. The molecule has 2 N–H and O–H groups in total. The normalized spacial score (nSPS) is 16.7. The van der Waals surface area contributed by atoms with Crippen LogP contribution in [0.3, 0.4) is 0 Å². The minimum absolute atomic E-state index is 0.477. The van der Waals surface area contributed by atoms with Crippen LogP contribution in [0, 0.1) is 0 Å². The fraction of sp³-hybridized carbons (Fsp3) is 0.722. The second-order valence-corrected chi connectivity index (χ2v) is 8.27. The molecule has 24 heavy (non-hydrogen) atoms. The molecular formula is C18H32N4S2. The van der Waals surface area contributed by atoms with Crippen LogP contribution in [-0.4, -0.2) is 55.1 Å². The third-order valence-corrected chi connectivity index (χ3v) is 6.11. The number of thioether (sulfide) groups is 1. The molecule has 136 valence electrons. The van der Waals surface area contributed by atoms with Crippen LogP contribution in [0.15, 0.2) is 16.4 Å². The molecule has 0 aliphatic carbocycles. The van der Waals surface area contributed by atoms with Gasteiger partial charge in [0.25, 0.3) is 0 Å². The highest BCUT2D eigenvalue weighted by molar-refractivity contribution is 7.98. The van der Waals surface area contributed by atoms with Gasteiger partial charge in [-0.15, -0.1) is 11.3 Å². The number of unbranched alkanes of at least 4 members (excludes halogenated alkanes) is 1. The Hall–Kier alpha value is -0.720. The first-order chi connectivity index (χ1) is 11.7. The van der Waals surface area contributed by atoms with Crippen LogP contribution in [0.2, 0.25) is 0 Å². The summed E-state index contributed by atoms with van der Waals surface area (Å²) in [5.41, 5.74) is 1.51. The van der Waals surface area contributed by atoms with E-state index in [1.807, 2.05) is 23.1 Å². The van der Waals surface area contributed by atoms with Crippen molar-refractivity contribution in [3.63, 3.8) is 0 Å². The van der Waals surface area contributed by atoms with Crippen LogP contribution in [0.1, 0.15) is 37.1 Å². The Morgan fingerprint density at radius 1 is 1.42 bits per heavy atom. The lowest BCUT2D eigenvalue weighted by atomic mass is 10.1. The summed E-state index contributed by atoms with van der Waals surface area (Å²) in [5.74, 6) is 2.20. The molecule has 2 heterocycles. The molecule has 6 heteroatoms. The second-order valence-electron chi connectivity index (χ2n) is 6.28. The topological polar surface area (TPSA) is 39.7 Å². The number of nitrogens with one attached hydrogen (secondary N) is 2. The summed E-state index contributed by atoms with van der Waals surface area (Å²) in [4.78, 5) is 8.93. The first-order valence-corrected chi connectivity index (χ1v) is 11.3. The molecule has 0 fully saturated rings. The molecule has 1 unspecified atom stereocenters. The lowest BCUT2D eigenvalue weighted by Crippen LogP contribution is -2.41. The molecule has 0 spiro atoms. The Morgan fingerprint density at radius 2 is 2.29 bits per heavy atom. The molecule has 1 aromatic heterocycles. The average molecular weight is 369 g/mol. The van der Waals surface area contributed by atoms with Gasteiger partial charge in [-0.05, 0) is 62.1 Å². The summed E-state index contributed by atoms with van der Waals surface area (Å²) >= 11 is 3.82. The van der Waals surface area contributed by atoms with E-state index in [0.717, 1.165) is 38.7 Å². The number of guanidine groups is 1. The van der Waals surface area contributed by atoms with Crippen molar-refractivity contribution in [2.24, 2.45) is 4.99 Å². The van der Waals surface area contributed by atoms with Crippen LogP contribution in [0.25, 0.3) is 0 Å². The maximum atomic E-state index is 4.80. The largest absolute Gasteiger partial charge is 0.357 e. The summed E-state index contributed by atoms with van der Waals surface area (Å²) in [6.07, 6.45) is 5.82. The van der Waals surface area contributed by atoms with E-state index in [-0.39, 0.29) is 0 Å². The Bertz CT molecular complexity index is 501. The van der Waals surface area contributed by atoms with E-state index >= 15 is 0 Å². The molecule has 1 atom stereocenters. The van der Waals surface area contributed by atoms with Crippen molar-refractivity contribution in [3.05, 3.63) is 21.9 Å². The van der Waals surface area contributed by atoms with Gasteiger partial charge in [-0.2, -0.15) is 11.8 Å². The molecular weight excluding hydrogens is 336 g/mol. The maximum absolute atomic E-state index is 4.80. The quantitative estimate of drug-likeness (QED) is 0.399. The third kappa shape index (κ3) is 6.30. The third-order valence-electron chi connectivity index (χ3n) is 4.39. The molecule has 1 aromatic rings. The first-order valence-electron chi connectivity index (χ1n) is 9.05. The number of aliphatic imine (C=N–C) groups is 1. The van der Waals surface area contributed by atoms with Gasteiger partial charge in [-0.1, -0.05) is 0 Å². The summed E-state index contributed by atoms with van der Waals surface area (Å²) in [7, 11) is 0. The molecule has 4 nitrogen and oxygen atoms in total. The van der Waals surface area contributed by atoms with Gasteiger partial charge in [-0.3, -0.25) is 9.89 Å². The van der Waals surface area contributed by atoms with Gasteiger partial charge in [0, 0.05) is 37.1 Å². The minimum atomic E-state index is 0.477. The number of nitrogens with zero attached hydrogens (tertiary/aromatic N) is 2. The lowest BCUT2D eigenvalue weighted by Gasteiger charge is -2.31. The van der Waals surface area contributed by atoms with Crippen molar-refractivity contribution in [2.75, 3.05) is 38.2 Å². The summed E-state index contributed by atoms with van der Waals surface area (Å²) in [6.45, 7) is 9.41. The Balaban J connectivity index is 1.77. The van der Waals surface area contributed by atoms with E-state index in [0.29, 0.717) is 6.04 Å². The highest BCUT2D eigenvalue weighted by Gasteiger charge is 2.21. The zero-order chi connectivity index (χ0) is 17.2. The van der Waals surface area contributed by atoms with Crippen molar-refractivity contribution in [3.8, 4) is 0 Å². The molecule has 1 aliphatic heterocycles. The van der Waals surface area contributed by atoms with E-state index in [2.05, 4.69) is 47.1 Å². The van der Waals surface area contributed by atoms with Crippen LogP contribution in [0.4, 0.5) is 0 Å². The number of rotatable bonds is 9. The molecule has 0 radical (unpaired) electrons. The van der Waals surface area contributed by atoms with Crippen LogP contribution >= 0.6 is 23.1 Å². The van der Waals surface area contributed by atoms with Gasteiger partial charge in [-0.25, -0.2) is 0 Å². The molecule has 0 aromatic carbocycles. The highest BCUT2D eigenvalue weighted by atomic mass is 32.2. The van der Waals surface area contributed by atoms with Gasteiger partial charge < -0.3 is 10.6 Å². The van der Waals surface area contributed by atoms with E-state index < -0.39 is 0 Å². The number of hydrogen-bond donors (Lipinski definition) is 2. The second kappa shape index (κ2) is 11.0. The Morgan fingerprint density at radius 3 is 3.08 bits per heavy atom.